The summed E-state index contributed by atoms with van der Waals surface area (Å²) in [4.78, 5) is 27.9. The first kappa shape index (κ1) is 16.2. The van der Waals surface area contributed by atoms with Crippen LogP contribution in [0.25, 0.3) is 0 Å². The fourth-order valence-corrected chi connectivity index (χ4v) is 2.95. The third kappa shape index (κ3) is 3.82. The number of aromatic amines is 1. The molecule has 1 aromatic heterocycles. The van der Waals surface area contributed by atoms with Gasteiger partial charge >= 0.3 is 0 Å². The molecule has 1 aliphatic heterocycles. The Kier molecular flexibility index (Phi) is 4.93. The van der Waals surface area contributed by atoms with E-state index < -0.39 is 0 Å². The van der Waals surface area contributed by atoms with Crippen molar-refractivity contribution in [2.45, 2.75) is 26.3 Å². The van der Waals surface area contributed by atoms with Crippen molar-refractivity contribution in [3.05, 3.63) is 53.3 Å². The standard InChI is InChI=1S/C18H22N4O2/c1-14(23)21(9-7-15-5-3-2-4-6-15)13-18(24)22-10-8-17-16(12-22)11-19-20-17/h2-6,11H,7-10,12-13H2,1H3,(H,19,20). The molecule has 2 aromatic rings. The van der Waals surface area contributed by atoms with Gasteiger partial charge in [-0.05, 0) is 12.0 Å². The second-order valence-corrected chi connectivity index (χ2v) is 6.12. The molecule has 2 heterocycles. The number of nitrogens with one attached hydrogen (secondary N) is 1. The minimum Gasteiger partial charge on any atom is -0.336 e. The van der Waals surface area contributed by atoms with E-state index in [-0.39, 0.29) is 18.4 Å². The molecule has 0 saturated heterocycles. The molecule has 0 aliphatic carbocycles. The van der Waals surface area contributed by atoms with Crippen molar-refractivity contribution >= 4 is 11.8 Å². The number of carbonyl (C=O) groups excluding carboxylic acids is 2. The molecule has 24 heavy (non-hydrogen) atoms. The lowest BCUT2D eigenvalue weighted by Crippen LogP contribution is -2.44. The largest absolute Gasteiger partial charge is 0.336 e. The van der Waals surface area contributed by atoms with Crippen molar-refractivity contribution in [3.8, 4) is 0 Å². The van der Waals surface area contributed by atoms with Gasteiger partial charge in [0.2, 0.25) is 11.8 Å². The van der Waals surface area contributed by atoms with Crippen molar-refractivity contribution in [1.82, 2.24) is 20.0 Å². The first-order valence-electron chi connectivity index (χ1n) is 8.22. The fraction of sp³-hybridized carbons (Fsp3) is 0.389. The van der Waals surface area contributed by atoms with E-state index in [2.05, 4.69) is 10.2 Å². The quantitative estimate of drug-likeness (QED) is 0.902. The molecule has 1 aromatic carbocycles. The Balaban J connectivity index is 1.57. The number of H-pyrrole nitrogens is 1. The molecule has 0 fully saturated rings. The van der Waals surface area contributed by atoms with Gasteiger partial charge in [-0.3, -0.25) is 14.7 Å². The third-order valence-electron chi connectivity index (χ3n) is 4.44. The van der Waals surface area contributed by atoms with Crippen molar-refractivity contribution < 1.29 is 9.59 Å². The van der Waals surface area contributed by atoms with Gasteiger partial charge in [-0.15, -0.1) is 0 Å². The Morgan fingerprint density at radius 1 is 1.29 bits per heavy atom. The van der Waals surface area contributed by atoms with Crippen LogP contribution < -0.4 is 0 Å². The number of benzene rings is 1. The highest BCUT2D eigenvalue weighted by atomic mass is 16.2. The van der Waals surface area contributed by atoms with Gasteiger partial charge in [0.05, 0.1) is 12.7 Å². The molecule has 2 amide bonds. The van der Waals surface area contributed by atoms with Gasteiger partial charge < -0.3 is 9.80 Å². The minimum absolute atomic E-state index is 0.00916. The Bertz CT molecular complexity index is 711. The average molecular weight is 326 g/mol. The normalized spacial score (nSPS) is 13.5. The Hall–Kier alpha value is -2.63. The molecule has 1 aliphatic rings. The summed E-state index contributed by atoms with van der Waals surface area (Å²) < 4.78 is 0. The maximum absolute atomic E-state index is 12.6. The lowest BCUT2D eigenvalue weighted by atomic mass is 10.1. The number of fused-ring (bicyclic) bond motifs is 1. The predicted molar refractivity (Wildman–Crippen MR) is 90.1 cm³/mol. The molecule has 0 spiro atoms. The van der Waals surface area contributed by atoms with Crippen LogP contribution in [0.15, 0.2) is 36.5 Å². The SMILES string of the molecule is CC(=O)N(CCc1ccccc1)CC(=O)N1CCc2[nH]ncc2C1. The van der Waals surface area contributed by atoms with Crippen LogP contribution >= 0.6 is 0 Å². The van der Waals surface area contributed by atoms with Crippen LogP contribution in [0.1, 0.15) is 23.7 Å². The van der Waals surface area contributed by atoms with Crippen LogP contribution in [0.3, 0.4) is 0 Å². The summed E-state index contributed by atoms with van der Waals surface area (Å²) in [5.74, 6) is -0.0783. The monoisotopic (exact) mass is 326 g/mol. The summed E-state index contributed by atoms with van der Waals surface area (Å²) in [5.41, 5.74) is 3.33. The van der Waals surface area contributed by atoms with Gasteiger partial charge in [0.25, 0.3) is 0 Å². The number of aromatic nitrogens is 2. The van der Waals surface area contributed by atoms with Crippen molar-refractivity contribution in [2.24, 2.45) is 0 Å². The average Bonchev–Trinajstić information content (AvgIpc) is 3.06. The molecule has 6 heteroatoms. The Labute approximate surface area is 141 Å². The maximum atomic E-state index is 12.6. The number of rotatable bonds is 5. The number of amides is 2. The number of carbonyl (C=O) groups is 2. The summed E-state index contributed by atoms with van der Waals surface area (Å²) in [6, 6.07) is 10.00. The third-order valence-corrected chi connectivity index (χ3v) is 4.44. The van der Waals surface area contributed by atoms with E-state index in [0.29, 0.717) is 19.6 Å². The van der Waals surface area contributed by atoms with Crippen LogP contribution in [0.5, 0.6) is 0 Å². The zero-order valence-corrected chi connectivity index (χ0v) is 13.9. The maximum Gasteiger partial charge on any atom is 0.242 e. The van der Waals surface area contributed by atoms with E-state index in [0.717, 1.165) is 29.7 Å². The molecule has 6 nitrogen and oxygen atoms in total. The molecular formula is C18H22N4O2. The first-order chi connectivity index (χ1) is 11.6. The van der Waals surface area contributed by atoms with Crippen molar-refractivity contribution in [1.29, 1.82) is 0 Å². The molecule has 1 N–H and O–H groups in total. The lowest BCUT2D eigenvalue weighted by molar-refractivity contribution is -0.140. The second-order valence-electron chi connectivity index (χ2n) is 6.12. The smallest absolute Gasteiger partial charge is 0.242 e. The molecule has 126 valence electrons. The summed E-state index contributed by atoms with van der Waals surface area (Å²) in [5, 5.41) is 6.98. The highest BCUT2D eigenvalue weighted by molar-refractivity contribution is 5.84. The van der Waals surface area contributed by atoms with Crippen LogP contribution in [0.2, 0.25) is 0 Å². The van der Waals surface area contributed by atoms with Gasteiger partial charge in [0.15, 0.2) is 0 Å². The first-order valence-corrected chi connectivity index (χ1v) is 8.22. The minimum atomic E-state index is -0.0692. The predicted octanol–water partition coefficient (Wildman–Crippen LogP) is 1.39. The van der Waals surface area contributed by atoms with Crippen molar-refractivity contribution in [2.75, 3.05) is 19.6 Å². The summed E-state index contributed by atoms with van der Waals surface area (Å²) in [6.45, 7) is 3.43. The van der Waals surface area contributed by atoms with E-state index in [1.807, 2.05) is 30.3 Å². The summed E-state index contributed by atoms with van der Waals surface area (Å²) in [6.07, 6.45) is 3.30. The van der Waals surface area contributed by atoms with E-state index in [1.165, 1.54) is 6.92 Å². The van der Waals surface area contributed by atoms with Gasteiger partial charge in [-0.1, -0.05) is 30.3 Å². The molecule has 3 rings (SSSR count). The molecule has 0 atom stereocenters. The molecule has 0 saturated carbocycles. The van der Waals surface area contributed by atoms with E-state index in [9.17, 15) is 9.59 Å². The number of hydrogen-bond acceptors (Lipinski definition) is 3. The van der Waals surface area contributed by atoms with Crippen LogP contribution in [0, 0.1) is 0 Å². The van der Waals surface area contributed by atoms with E-state index >= 15 is 0 Å². The zero-order valence-electron chi connectivity index (χ0n) is 13.9. The molecule has 0 unspecified atom stereocenters. The van der Waals surface area contributed by atoms with E-state index in [1.54, 1.807) is 16.0 Å². The lowest BCUT2D eigenvalue weighted by Gasteiger charge is -2.29. The summed E-state index contributed by atoms with van der Waals surface area (Å²) >= 11 is 0. The fourth-order valence-electron chi connectivity index (χ4n) is 2.95. The van der Waals surface area contributed by atoms with E-state index in [4.69, 9.17) is 0 Å². The second kappa shape index (κ2) is 7.29. The van der Waals surface area contributed by atoms with Crippen LogP contribution in [-0.4, -0.2) is 51.4 Å². The Morgan fingerprint density at radius 2 is 2.08 bits per heavy atom. The van der Waals surface area contributed by atoms with Crippen LogP contribution in [-0.2, 0) is 29.0 Å². The highest BCUT2D eigenvalue weighted by Crippen LogP contribution is 2.16. The van der Waals surface area contributed by atoms with Gasteiger partial charge in [0.1, 0.15) is 0 Å². The molecular weight excluding hydrogens is 304 g/mol. The highest BCUT2D eigenvalue weighted by Gasteiger charge is 2.24. The topological polar surface area (TPSA) is 69.3 Å². The Morgan fingerprint density at radius 3 is 2.83 bits per heavy atom. The van der Waals surface area contributed by atoms with Crippen molar-refractivity contribution in [3.63, 3.8) is 0 Å². The molecule has 0 radical (unpaired) electrons. The van der Waals surface area contributed by atoms with Gasteiger partial charge in [0, 0.05) is 44.2 Å². The van der Waals surface area contributed by atoms with Crippen LogP contribution in [0.4, 0.5) is 0 Å². The van der Waals surface area contributed by atoms with Gasteiger partial charge in [-0.25, -0.2) is 0 Å². The number of nitrogens with zero attached hydrogens (tertiary/aromatic N) is 3. The number of hydrogen-bond donors (Lipinski definition) is 1. The molecule has 0 bridgehead atoms. The van der Waals surface area contributed by atoms with Gasteiger partial charge in [-0.2, -0.15) is 5.10 Å². The zero-order chi connectivity index (χ0) is 16.9. The summed E-state index contributed by atoms with van der Waals surface area (Å²) in [7, 11) is 0.